The molecule has 2 N–H and O–H groups in total. The number of carbonyl (C=O) groups excluding carboxylic acids is 2. The second kappa shape index (κ2) is 8.34. The molecular formula is C21H24N2O5S. The number of piperidine rings is 1. The third-order valence-corrected chi connectivity index (χ3v) is 6.72. The van der Waals surface area contributed by atoms with Gasteiger partial charge in [0.1, 0.15) is 5.75 Å². The van der Waals surface area contributed by atoms with Crippen LogP contribution in [0.4, 0.5) is 0 Å². The number of esters is 1. The van der Waals surface area contributed by atoms with Crippen LogP contribution in [-0.4, -0.2) is 37.7 Å². The molecular weight excluding hydrogens is 392 g/mol. The largest absolute Gasteiger partial charge is 0.423 e. The molecule has 0 aliphatic carbocycles. The molecule has 1 heterocycles. The smallest absolute Gasteiger partial charge is 0.343 e. The van der Waals surface area contributed by atoms with E-state index in [1.807, 2.05) is 13.8 Å². The van der Waals surface area contributed by atoms with Crippen molar-refractivity contribution in [3.8, 4) is 5.75 Å². The molecule has 29 heavy (non-hydrogen) atoms. The van der Waals surface area contributed by atoms with Gasteiger partial charge in [0.2, 0.25) is 15.9 Å². The van der Waals surface area contributed by atoms with Crippen LogP contribution in [0.2, 0.25) is 0 Å². The Morgan fingerprint density at radius 1 is 1.00 bits per heavy atom. The summed E-state index contributed by atoms with van der Waals surface area (Å²) in [5.74, 6) is -0.474. The third kappa shape index (κ3) is 4.83. The minimum Gasteiger partial charge on any atom is -0.423 e. The fraction of sp³-hybridized carbons (Fsp3) is 0.333. The van der Waals surface area contributed by atoms with E-state index in [2.05, 4.69) is 0 Å². The molecule has 0 unspecified atom stereocenters. The van der Waals surface area contributed by atoms with E-state index in [9.17, 15) is 18.0 Å². The Morgan fingerprint density at radius 2 is 1.62 bits per heavy atom. The Bertz CT molecular complexity index is 1010. The summed E-state index contributed by atoms with van der Waals surface area (Å²) in [5, 5.41) is 0. The molecule has 2 aromatic rings. The molecule has 0 saturated carbocycles. The van der Waals surface area contributed by atoms with Gasteiger partial charge in [0.25, 0.3) is 0 Å². The molecule has 1 aliphatic heterocycles. The average Bonchev–Trinajstić information content (AvgIpc) is 2.67. The van der Waals surface area contributed by atoms with Gasteiger partial charge in [-0.05, 0) is 60.7 Å². The van der Waals surface area contributed by atoms with Crippen LogP contribution in [0.3, 0.4) is 0 Å². The lowest BCUT2D eigenvalue weighted by atomic mass is 9.94. The quantitative estimate of drug-likeness (QED) is 0.596. The number of carbonyl (C=O) groups is 2. The number of benzene rings is 2. The number of hydrogen-bond acceptors (Lipinski definition) is 5. The summed E-state index contributed by atoms with van der Waals surface area (Å²) in [5.41, 5.74) is 5.61. The highest BCUT2D eigenvalue weighted by Crippen LogP contribution is 2.27. The predicted molar refractivity (Wildman–Crippen MR) is 108 cm³/mol. The minimum absolute atomic E-state index is 0.0670. The van der Waals surface area contributed by atoms with Gasteiger partial charge in [-0.1, -0.05) is 19.9 Å². The van der Waals surface area contributed by atoms with Crippen LogP contribution < -0.4 is 10.5 Å². The Kier molecular flexibility index (Phi) is 6.04. The molecule has 7 nitrogen and oxygen atoms in total. The normalized spacial score (nSPS) is 20.2. The van der Waals surface area contributed by atoms with Crippen molar-refractivity contribution >= 4 is 21.9 Å². The Morgan fingerprint density at radius 3 is 2.21 bits per heavy atom. The molecule has 2 atom stereocenters. The van der Waals surface area contributed by atoms with Gasteiger partial charge in [-0.2, -0.15) is 4.31 Å². The van der Waals surface area contributed by atoms with Crippen LogP contribution in [-0.2, 0) is 10.0 Å². The van der Waals surface area contributed by atoms with Gasteiger partial charge >= 0.3 is 5.97 Å². The maximum atomic E-state index is 13.0. The number of ether oxygens (including phenoxy) is 1. The van der Waals surface area contributed by atoms with Crippen molar-refractivity contribution in [3.05, 3.63) is 59.7 Å². The number of sulfonamides is 1. The molecule has 8 heteroatoms. The molecule has 0 aromatic heterocycles. The molecule has 1 fully saturated rings. The maximum absolute atomic E-state index is 13.0. The zero-order valence-electron chi connectivity index (χ0n) is 16.4. The standard InChI is InChI=1S/C21H24N2O5S/c1-14-10-15(2)13-23(12-14)29(26,27)19-5-3-4-17(11-19)21(25)28-18-8-6-16(7-9-18)20(22)24/h3-9,11,14-15H,10,12-13H2,1-2H3,(H2,22,24)/t14-,15-/m1/s1. The van der Waals surface area contributed by atoms with E-state index >= 15 is 0 Å². The van der Waals surface area contributed by atoms with Gasteiger partial charge in [-0.3, -0.25) is 4.79 Å². The maximum Gasteiger partial charge on any atom is 0.343 e. The lowest BCUT2D eigenvalue weighted by Crippen LogP contribution is -2.42. The van der Waals surface area contributed by atoms with Crippen molar-refractivity contribution in [1.82, 2.24) is 4.31 Å². The monoisotopic (exact) mass is 416 g/mol. The molecule has 0 spiro atoms. The van der Waals surface area contributed by atoms with E-state index in [0.29, 0.717) is 18.7 Å². The fourth-order valence-electron chi connectivity index (χ4n) is 3.59. The summed E-state index contributed by atoms with van der Waals surface area (Å²) in [6, 6.07) is 11.6. The van der Waals surface area contributed by atoms with Crippen LogP contribution >= 0.6 is 0 Å². The Balaban J connectivity index is 1.79. The molecule has 2 aromatic carbocycles. The second-order valence-electron chi connectivity index (χ2n) is 7.57. The summed E-state index contributed by atoms with van der Waals surface area (Å²) in [7, 11) is -3.70. The lowest BCUT2D eigenvalue weighted by molar-refractivity contribution is 0.0734. The Hall–Kier alpha value is -2.71. The summed E-state index contributed by atoms with van der Waals surface area (Å²) in [6.45, 7) is 5.01. The van der Waals surface area contributed by atoms with Crippen LogP contribution in [0.5, 0.6) is 5.75 Å². The van der Waals surface area contributed by atoms with Crippen molar-refractivity contribution < 1.29 is 22.7 Å². The topological polar surface area (TPSA) is 107 Å². The van der Waals surface area contributed by atoms with Crippen molar-refractivity contribution in [1.29, 1.82) is 0 Å². The number of nitrogens with zero attached hydrogens (tertiary/aromatic N) is 1. The Labute approximate surface area is 170 Å². The number of nitrogens with two attached hydrogens (primary N) is 1. The summed E-state index contributed by atoms with van der Waals surface area (Å²) in [6.07, 6.45) is 0.993. The molecule has 1 amide bonds. The first-order chi connectivity index (χ1) is 13.7. The highest BCUT2D eigenvalue weighted by atomic mass is 32.2. The van der Waals surface area contributed by atoms with E-state index in [1.165, 1.54) is 52.8 Å². The van der Waals surface area contributed by atoms with Crippen molar-refractivity contribution in [3.63, 3.8) is 0 Å². The first kappa shape index (κ1) is 21.0. The first-order valence-corrected chi connectivity index (χ1v) is 10.8. The van der Waals surface area contributed by atoms with E-state index in [1.54, 1.807) is 0 Å². The number of primary amides is 1. The van der Waals surface area contributed by atoms with Crippen molar-refractivity contribution in [2.24, 2.45) is 17.6 Å². The van der Waals surface area contributed by atoms with E-state index in [-0.39, 0.29) is 28.0 Å². The minimum atomic E-state index is -3.70. The van der Waals surface area contributed by atoms with Gasteiger partial charge in [-0.15, -0.1) is 0 Å². The summed E-state index contributed by atoms with van der Waals surface area (Å²) >= 11 is 0. The van der Waals surface area contributed by atoms with Gasteiger partial charge < -0.3 is 10.5 Å². The summed E-state index contributed by atoms with van der Waals surface area (Å²) < 4.78 is 32.9. The van der Waals surface area contributed by atoms with Crippen molar-refractivity contribution in [2.45, 2.75) is 25.2 Å². The predicted octanol–water partition coefficient (Wildman–Crippen LogP) is 2.67. The summed E-state index contributed by atoms with van der Waals surface area (Å²) in [4.78, 5) is 23.6. The number of amides is 1. The van der Waals surface area contributed by atoms with Crippen LogP contribution in [0.1, 0.15) is 41.0 Å². The fourth-order valence-corrected chi connectivity index (χ4v) is 5.31. The van der Waals surface area contributed by atoms with Crippen molar-refractivity contribution in [2.75, 3.05) is 13.1 Å². The highest BCUT2D eigenvalue weighted by Gasteiger charge is 2.32. The average molecular weight is 416 g/mol. The number of rotatable bonds is 5. The zero-order chi connectivity index (χ0) is 21.2. The van der Waals surface area contributed by atoms with Crippen LogP contribution in [0.25, 0.3) is 0 Å². The van der Waals surface area contributed by atoms with Gasteiger partial charge in [-0.25, -0.2) is 13.2 Å². The van der Waals surface area contributed by atoms with Crippen LogP contribution in [0.15, 0.2) is 53.4 Å². The first-order valence-electron chi connectivity index (χ1n) is 9.39. The highest BCUT2D eigenvalue weighted by molar-refractivity contribution is 7.89. The molecule has 0 radical (unpaired) electrons. The van der Waals surface area contributed by atoms with Gasteiger partial charge in [0.15, 0.2) is 0 Å². The zero-order valence-corrected chi connectivity index (χ0v) is 17.2. The van der Waals surface area contributed by atoms with Gasteiger partial charge in [0, 0.05) is 18.7 Å². The number of hydrogen-bond donors (Lipinski definition) is 1. The molecule has 1 aliphatic rings. The SMILES string of the molecule is C[C@@H]1C[C@@H](C)CN(S(=O)(=O)c2cccc(C(=O)Oc3ccc(C(N)=O)cc3)c2)C1. The van der Waals surface area contributed by atoms with Gasteiger partial charge in [0.05, 0.1) is 10.5 Å². The van der Waals surface area contributed by atoms with Crippen LogP contribution in [0, 0.1) is 11.8 Å². The molecule has 1 saturated heterocycles. The van der Waals surface area contributed by atoms with E-state index in [0.717, 1.165) is 6.42 Å². The molecule has 154 valence electrons. The second-order valence-corrected chi connectivity index (χ2v) is 9.51. The third-order valence-electron chi connectivity index (χ3n) is 4.89. The lowest BCUT2D eigenvalue weighted by Gasteiger charge is -2.34. The molecule has 3 rings (SSSR count). The van der Waals surface area contributed by atoms with E-state index < -0.39 is 21.9 Å². The molecule has 0 bridgehead atoms. The van der Waals surface area contributed by atoms with E-state index in [4.69, 9.17) is 10.5 Å².